The fourth-order valence-electron chi connectivity index (χ4n) is 3.47. The van der Waals surface area contributed by atoms with Gasteiger partial charge in [0.1, 0.15) is 0 Å². The standard InChI is InChI=1S/C18H28O8/c1-10-15(23-11(2)19)16(24-12(3)20)17(25-13(4)21)18(22-10)26-14-8-6-5-7-9-14/h10,14-18H,5-9H2,1-4H3/t10-,15-,16+,17+,18-/m0/s1. The minimum absolute atomic E-state index is 0.0118. The first-order valence-electron chi connectivity index (χ1n) is 9.10. The van der Waals surface area contributed by atoms with Crippen LogP contribution in [-0.4, -0.2) is 54.7 Å². The van der Waals surface area contributed by atoms with Gasteiger partial charge in [0.2, 0.25) is 0 Å². The van der Waals surface area contributed by atoms with Gasteiger partial charge in [0, 0.05) is 20.8 Å². The van der Waals surface area contributed by atoms with E-state index in [0.29, 0.717) is 0 Å². The second-order valence-corrected chi connectivity index (χ2v) is 6.83. The summed E-state index contributed by atoms with van der Waals surface area (Å²) < 4.78 is 27.9. The number of carbonyl (C=O) groups is 3. The molecule has 0 radical (unpaired) electrons. The van der Waals surface area contributed by atoms with E-state index in [4.69, 9.17) is 23.7 Å². The van der Waals surface area contributed by atoms with Crippen LogP contribution in [0.1, 0.15) is 59.8 Å². The molecule has 0 N–H and O–H groups in total. The van der Waals surface area contributed by atoms with Crippen LogP contribution in [0, 0.1) is 0 Å². The average molecular weight is 372 g/mol. The number of hydrogen-bond donors (Lipinski definition) is 0. The summed E-state index contributed by atoms with van der Waals surface area (Å²) in [6, 6.07) is 0. The normalized spacial score (nSPS) is 32.5. The summed E-state index contributed by atoms with van der Waals surface area (Å²) in [5.41, 5.74) is 0. The highest BCUT2D eigenvalue weighted by Gasteiger charge is 2.51. The largest absolute Gasteiger partial charge is 0.456 e. The molecule has 0 spiro atoms. The molecule has 2 fully saturated rings. The summed E-state index contributed by atoms with van der Waals surface area (Å²) in [6.45, 7) is 5.45. The molecule has 0 amide bonds. The van der Waals surface area contributed by atoms with Gasteiger partial charge in [-0.15, -0.1) is 0 Å². The van der Waals surface area contributed by atoms with Gasteiger partial charge in [-0.2, -0.15) is 0 Å². The van der Waals surface area contributed by atoms with Gasteiger partial charge in [0.15, 0.2) is 24.6 Å². The third-order valence-corrected chi connectivity index (χ3v) is 4.51. The lowest BCUT2D eigenvalue weighted by molar-refractivity contribution is -0.311. The van der Waals surface area contributed by atoms with E-state index in [1.54, 1.807) is 6.92 Å². The molecule has 2 rings (SSSR count). The Morgan fingerprint density at radius 2 is 1.27 bits per heavy atom. The van der Waals surface area contributed by atoms with Crippen LogP contribution in [0.5, 0.6) is 0 Å². The molecule has 1 saturated heterocycles. The third-order valence-electron chi connectivity index (χ3n) is 4.51. The quantitative estimate of drug-likeness (QED) is 0.533. The molecule has 0 unspecified atom stereocenters. The molecule has 1 aliphatic carbocycles. The lowest BCUT2D eigenvalue weighted by Gasteiger charge is -2.44. The van der Waals surface area contributed by atoms with Crippen molar-refractivity contribution >= 4 is 17.9 Å². The second-order valence-electron chi connectivity index (χ2n) is 6.83. The Labute approximate surface area is 153 Å². The third kappa shape index (κ3) is 5.67. The number of ether oxygens (including phenoxy) is 5. The van der Waals surface area contributed by atoms with Crippen molar-refractivity contribution in [3.05, 3.63) is 0 Å². The highest BCUT2D eigenvalue weighted by molar-refractivity contribution is 5.68. The zero-order valence-electron chi connectivity index (χ0n) is 15.8. The number of esters is 3. The topological polar surface area (TPSA) is 97.4 Å². The first kappa shape index (κ1) is 20.6. The van der Waals surface area contributed by atoms with Crippen LogP contribution in [0.3, 0.4) is 0 Å². The highest BCUT2D eigenvalue weighted by atomic mass is 16.7. The minimum Gasteiger partial charge on any atom is -0.456 e. The number of carbonyl (C=O) groups excluding carboxylic acids is 3. The summed E-state index contributed by atoms with van der Waals surface area (Å²) in [5.74, 6) is -1.69. The van der Waals surface area contributed by atoms with Crippen LogP contribution < -0.4 is 0 Å². The van der Waals surface area contributed by atoms with E-state index in [9.17, 15) is 14.4 Å². The zero-order valence-corrected chi connectivity index (χ0v) is 15.8. The summed E-state index contributed by atoms with van der Waals surface area (Å²) in [6.07, 6.45) is 0.671. The number of rotatable bonds is 5. The van der Waals surface area contributed by atoms with Gasteiger partial charge in [-0.3, -0.25) is 14.4 Å². The molecule has 8 nitrogen and oxygen atoms in total. The van der Waals surface area contributed by atoms with Gasteiger partial charge >= 0.3 is 17.9 Å². The van der Waals surface area contributed by atoms with Crippen LogP contribution in [-0.2, 0) is 38.1 Å². The Morgan fingerprint density at radius 3 is 1.81 bits per heavy atom. The molecule has 2 aliphatic rings. The molecule has 0 aromatic heterocycles. The first-order chi connectivity index (χ1) is 12.3. The highest BCUT2D eigenvalue weighted by Crippen LogP contribution is 2.32. The van der Waals surface area contributed by atoms with Gasteiger partial charge in [0.05, 0.1) is 12.2 Å². The van der Waals surface area contributed by atoms with E-state index < -0.39 is 48.6 Å². The summed E-state index contributed by atoms with van der Waals surface area (Å²) in [5, 5.41) is 0. The van der Waals surface area contributed by atoms with E-state index >= 15 is 0 Å². The Morgan fingerprint density at radius 1 is 0.769 bits per heavy atom. The van der Waals surface area contributed by atoms with E-state index in [-0.39, 0.29) is 6.10 Å². The lowest BCUT2D eigenvalue weighted by atomic mass is 9.96. The van der Waals surface area contributed by atoms with Crippen molar-refractivity contribution in [2.75, 3.05) is 0 Å². The van der Waals surface area contributed by atoms with E-state index in [2.05, 4.69) is 0 Å². The van der Waals surface area contributed by atoms with Crippen molar-refractivity contribution in [1.29, 1.82) is 0 Å². The van der Waals surface area contributed by atoms with Crippen molar-refractivity contribution in [2.24, 2.45) is 0 Å². The van der Waals surface area contributed by atoms with Crippen LogP contribution in [0.4, 0.5) is 0 Å². The first-order valence-corrected chi connectivity index (χ1v) is 9.10. The smallest absolute Gasteiger partial charge is 0.303 e. The van der Waals surface area contributed by atoms with Crippen molar-refractivity contribution in [3.8, 4) is 0 Å². The Kier molecular flexibility index (Phi) is 7.40. The van der Waals surface area contributed by atoms with E-state index in [1.807, 2.05) is 0 Å². The monoisotopic (exact) mass is 372 g/mol. The lowest BCUT2D eigenvalue weighted by Crippen LogP contribution is -2.61. The van der Waals surface area contributed by atoms with Gasteiger partial charge in [-0.25, -0.2) is 0 Å². The molecule has 0 bridgehead atoms. The fourth-order valence-corrected chi connectivity index (χ4v) is 3.47. The molecule has 1 aliphatic heterocycles. The number of hydrogen-bond acceptors (Lipinski definition) is 8. The van der Waals surface area contributed by atoms with Crippen molar-refractivity contribution in [1.82, 2.24) is 0 Å². The van der Waals surface area contributed by atoms with Crippen LogP contribution in [0.15, 0.2) is 0 Å². The molecule has 5 atom stereocenters. The van der Waals surface area contributed by atoms with Crippen molar-refractivity contribution in [2.45, 2.75) is 96.6 Å². The summed E-state index contributed by atoms with van der Waals surface area (Å²) >= 11 is 0. The molecule has 1 heterocycles. The van der Waals surface area contributed by atoms with Gasteiger partial charge in [0.25, 0.3) is 0 Å². The van der Waals surface area contributed by atoms with Crippen LogP contribution >= 0.6 is 0 Å². The molecule has 8 heteroatoms. The zero-order chi connectivity index (χ0) is 19.3. The minimum atomic E-state index is -1.01. The molecule has 26 heavy (non-hydrogen) atoms. The van der Waals surface area contributed by atoms with Crippen molar-refractivity contribution < 1.29 is 38.1 Å². The van der Waals surface area contributed by atoms with Gasteiger partial charge < -0.3 is 23.7 Å². The molecule has 0 aromatic carbocycles. The maximum Gasteiger partial charge on any atom is 0.303 e. The Balaban J connectivity index is 2.23. The van der Waals surface area contributed by atoms with Crippen molar-refractivity contribution in [3.63, 3.8) is 0 Å². The molecular formula is C18H28O8. The van der Waals surface area contributed by atoms with E-state index in [0.717, 1.165) is 25.7 Å². The summed E-state index contributed by atoms with van der Waals surface area (Å²) in [7, 11) is 0. The second kappa shape index (κ2) is 9.32. The Hall–Kier alpha value is -1.67. The molecular weight excluding hydrogens is 344 g/mol. The van der Waals surface area contributed by atoms with E-state index in [1.165, 1.54) is 27.2 Å². The molecule has 1 saturated carbocycles. The Bertz CT molecular complexity index is 513. The SMILES string of the molecule is CC(=O)O[C@@H]1[C@@H](OC(C)=O)[C@H](C)O[C@@H](OC2CCCCC2)[C@@H]1OC(C)=O. The van der Waals surface area contributed by atoms with Crippen LogP contribution in [0.2, 0.25) is 0 Å². The molecule has 148 valence electrons. The van der Waals surface area contributed by atoms with Gasteiger partial charge in [-0.05, 0) is 19.8 Å². The fraction of sp³-hybridized carbons (Fsp3) is 0.833. The maximum atomic E-state index is 11.6. The summed E-state index contributed by atoms with van der Waals surface area (Å²) in [4.78, 5) is 34.7. The predicted molar refractivity (Wildman–Crippen MR) is 89.0 cm³/mol. The maximum absolute atomic E-state index is 11.6. The predicted octanol–water partition coefficient (Wildman–Crippen LogP) is 1.88. The van der Waals surface area contributed by atoms with Gasteiger partial charge in [-0.1, -0.05) is 19.3 Å². The average Bonchev–Trinajstić information content (AvgIpc) is 2.54. The molecule has 0 aromatic rings. The van der Waals surface area contributed by atoms with Crippen LogP contribution in [0.25, 0.3) is 0 Å².